The number of hydrogen-bond acceptors (Lipinski definition) is 3. The fourth-order valence-electron chi connectivity index (χ4n) is 2.39. The Kier molecular flexibility index (Phi) is 15.4. The average molecular weight is 608 g/mol. The first kappa shape index (κ1) is 28.2. The Morgan fingerprint density at radius 2 is 0.677 bits per heavy atom. The van der Waals surface area contributed by atoms with E-state index in [-0.39, 0.29) is 43.5 Å². The number of benzene rings is 3. The molecule has 3 nitrogen and oxygen atoms in total. The first-order chi connectivity index (χ1) is 14.5. The minimum atomic E-state index is 0. The van der Waals surface area contributed by atoms with Gasteiger partial charge in [-0.05, 0) is 37.5 Å². The van der Waals surface area contributed by atoms with E-state index in [1.807, 2.05) is 93.6 Å². The normalized spacial score (nSPS) is 10.2. The van der Waals surface area contributed by atoms with Crippen molar-refractivity contribution in [2.75, 3.05) is 0 Å². The van der Waals surface area contributed by atoms with E-state index in [1.165, 1.54) is 0 Å². The fourth-order valence-corrected chi connectivity index (χ4v) is 2.39. The van der Waals surface area contributed by atoms with Gasteiger partial charge in [-0.1, -0.05) is 109 Å². The maximum absolute atomic E-state index is 11.0. The van der Waals surface area contributed by atoms with Crippen LogP contribution in [0.15, 0.2) is 91.0 Å². The molecule has 4 heteroatoms. The van der Waals surface area contributed by atoms with Crippen LogP contribution in [0.5, 0.6) is 17.2 Å². The van der Waals surface area contributed by atoms with Crippen LogP contribution in [0.3, 0.4) is 0 Å². The van der Waals surface area contributed by atoms with Gasteiger partial charge in [-0.3, -0.25) is 0 Å². The molecule has 2 radical (unpaired) electrons. The predicted molar refractivity (Wildman–Crippen MR) is 128 cm³/mol. The molecule has 0 saturated heterocycles. The average Bonchev–Trinajstić information content (AvgIpc) is 2.75. The Morgan fingerprint density at radius 3 is 0.871 bits per heavy atom. The van der Waals surface area contributed by atoms with Crippen molar-refractivity contribution in [1.82, 2.24) is 0 Å². The molecule has 0 saturated carbocycles. The van der Waals surface area contributed by atoms with E-state index in [0.29, 0.717) is 0 Å². The molecule has 3 aromatic carbocycles. The molecule has 158 valence electrons. The Labute approximate surface area is 204 Å². The van der Waals surface area contributed by atoms with Crippen molar-refractivity contribution in [3.05, 3.63) is 108 Å². The Hall–Kier alpha value is -2.84. The number of rotatable bonds is 3. The molecular weight excluding hydrogens is 581 g/mol. The molecule has 0 spiro atoms. The van der Waals surface area contributed by atoms with Crippen LogP contribution in [-0.2, 0) is 0 Å². The molecule has 0 amide bonds. The summed E-state index contributed by atoms with van der Waals surface area (Å²) in [5.41, 5.74) is 2.26. The van der Waals surface area contributed by atoms with Crippen LogP contribution in [0.4, 0.5) is 0 Å². The zero-order chi connectivity index (χ0) is 22.2. The molecule has 0 fully saturated rings. The summed E-state index contributed by atoms with van der Waals surface area (Å²) in [6.07, 6.45) is 11.0. The molecule has 31 heavy (non-hydrogen) atoms. The van der Waals surface area contributed by atoms with Gasteiger partial charge in [0.05, 0.1) is 0 Å². The maximum atomic E-state index is 11.0. The summed E-state index contributed by atoms with van der Waals surface area (Å²) < 4.78 is 0. The first-order valence-electron chi connectivity index (χ1n) is 9.69. The van der Waals surface area contributed by atoms with Crippen molar-refractivity contribution in [2.24, 2.45) is 0 Å². The molecule has 0 aromatic heterocycles. The summed E-state index contributed by atoms with van der Waals surface area (Å²) >= 11 is 0. The number of para-hydroxylation sites is 3. The van der Waals surface area contributed by atoms with Gasteiger partial charge >= 0.3 is 26.2 Å². The van der Waals surface area contributed by atoms with Crippen molar-refractivity contribution >= 4 is 44.4 Å². The van der Waals surface area contributed by atoms with Gasteiger partial charge in [0, 0.05) is 0 Å². The third kappa shape index (κ3) is 11.2. The molecule has 0 heterocycles. The molecule has 0 aliphatic carbocycles. The Balaban J connectivity index is 0.000000429. The largest absolute Gasteiger partial charge is 3.00 e. The monoisotopic (exact) mass is 608 g/mol. The molecular formula is C27H27BiO3. The molecule has 0 unspecified atom stereocenters. The number of hydrogen-bond donors (Lipinski definition) is 0. The summed E-state index contributed by atoms with van der Waals surface area (Å²) in [4.78, 5) is 0. The quantitative estimate of drug-likeness (QED) is 0.394. The summed E-state index contributed by atoms with van der Waals surface area (Å²) in [7, 11) is 0. The SMILES string of the molecule is C/C=C/c1ccccc1[O-].C/C=C/c1ccccc1[O-].C/C=C/c1ccccc1[O-].[Bi+3]. The van der Waals surface area contributed by atoms with E-state index in [4.69, 9.17) is 0 Å². The zero-order valence-corrected chi connectivity index (χ0v) is 21.5. The maximum Gasteiger partial charge on any atom is 3.00 e. The van der Waals surface area contributed by atoms with E-state index in [9.17, 15) is 15.3 Å². The van der Waals surface area contributed by atoms with Crippen LogP contribution in [0, 0.1) is 0 Å². The molecule has 3 aromatic rings. The van der Waals surface area contributed by atoms with Crippen molar-refractivity contribution in [3.8, 4) is 17.2 Å². The summed E-state index contributed by atoms with van der Waals surface area (Å²) in [5, 5.41) is 32.9. The molecule has 3 rings (SSSR count). The van der Waals surface area contributed by atoms with Gasteiger partial charge in [0.1, 0.15) is 0 Å². The van der Waals surface area contributed by atoms with E-state index in [0.717, 1.165) is 16.7 Å². The fraction of sp³-hybridized carbons (Fsp3) is 0.111. The minimum Gasteiger partial charge on any atom is -0.872 e. The van der Waals surface area contributed by atoms with Crippen molar-refractivity contribution < 1.29 is 15.3 Å². The van der Waals surface area contributed by atoms with Gasteiger partial charge in [0.2, 0.25) is 0 Å². The molecule has 0 bridgehead atoms. The van der Waals surface area contributed by atoms with E-state index < -0.39 is 0 Å². The second-order valence-electron chi connectivity index (χ2n) is 6.11. The van der Waals surface area contributed by atoms with Crippen LogP contribution >= 0.6 is 0 Å². The van der Waals surface area contributed by atoms with Crippen LogP contribution in [0.1, 0.15) is 37.5 Å². The second kappa shape index (κ2) is 16.9. The first-order valence-corrected chi connectivity index (χ1v) is 9.69. The van der Waals surface area contributed by atoms with E-state index in [1.54, 1.807) is 36.4 Å². The Bertz CT molecular complexity index is 848. The third-order valence-corrected chi connectivity index (χ3v) is 3.80. The van der Waals surface area contributed by atoms with Crippen LogP contribution in [-0.4, -0.2) is 26.2 Å². The second-order valence-corrected chi connectivity index (χ2v) is 6.11. The summed E-state index contributed by atoms with van der Waals surface area (Å²) in [6, 6.07) is 20.9. The van der Waals surface area contributed by atoms with Crippen molar-refractivity contribution in [3.63, 3.8) is 0 Å². The predicted octanol–water partition coefficient (Wildman–Crippen LogP) is 5.00. The molecule has 0 atom stereocenters. The van der Waals surface area contributed by atoms with Crippen LogP contribution < -0.4 is 15.3 Å². The zero-order valence-electron chi connectivity index (χ0n) is 18.1. The van der Waals surface area contributed by atoms with Gasteiger partial charge < -0.3 is 15.3 Å². The summed E-state index contributed by atoms with van der Waals surface area (Å²) in [6.45, 7) is 5.69. The van der Waals surface area contributed by atoms with Crippen LogP contribution in [0.2, 0.25) is 0 Å². The van der Waals surface area contributed by atoms with Gasteiger partial charge in [-0.2, -0.15) is 0 Å². The van der Waals surface area contributed by atoms with Crippen LogP contribution in [0.25, 0.3) is 18.2 Å². The Morgan fingerprint density at radius 1 is 0.452 bits per heavy atom. The third-order valence-electron chi connectivity index (χ3n) is 3.80. The van der Waals surface area contributed by atoms with E-state index in [2.05, 4.69) is 0 Å². The number of allylic oxidation sites excluding steroid dienone is 3. The van der Waals surface area contributed by atoms with Gasteiger partial charge in [0.15, 0.2) is 0 Å². The van der Waals surface area contributed by atoms with Gasteiger partial charge in [-0.15, -0.1) is 17.2 Å². The molecule has 0 N–H and O–H groups in total. The van der Waals surface area contributed by atoms with Gasteiger partial charge in [-0.25, -0.2) is 0 Å². The minimum absolute atomic E-state index is 0. The molecule has 0 aliphatic heterocycles. The molecule has 0 aliphatic rings. The standard InChI is InChI=1S/3C9H10O.Bi/c3*1-2-5-8-6-3-4-7-9(8)10;/h3*2-7,10H,1H3;/q;;;+3/p-3/b3*5-2+;. The summed E-state index contributed by atoms with van der Waals surface area (Å²) in [5.74, 6) is 0.252. The van der Waals surface area contributed by atoms with Crippen molar-refractivity contribution in [2.45, 2.75) is 20.8 Å². The van der Waals surface area contributed by atoms with Crippen molar-refractivity contribution in [1.29, 1.82) is 0 Å². The van der Waals surface area contributed by atoms with E-state index >= 15 is 0 Å². The van der Waals surface area contributed by atoms with Gasteiger partial charge in [0.25, 0.3) is 0 Å². The smallest absolute Gasteiger partial charge is 0.872 e. The topological polar surface area (TPSA) is 69.2 Å².